The number of rotatable bonds is 0. The van der Waals surface area contributed by atoms with Crippen molar-refractivity contribution in [3.63, 3.8) is 0 Å². The summed E-state index contributed by atoms with van der Waals surface area (Å²) >= 11 is 0. The molecule has 3 nitrogen and oxygen atoms in total. The van der Waals surface area contributed by atoms with Crippen LogP contribution in [0.15, 0.2) is 29.2 Å². The van der Waals surface area contributed by atoms with E-state index in [2.05, 4.69) is 0 Å². The predicted octanol–water partition coefficient (Wildman–Crippen LogP) is 0.795. The van der Waals surface area contributed by atoms with Crippen LogP contribution in [0.4, 0.5) is 0 Å². The average molecular weight is 181 g/mol. The maximum Gasteiger partial charge on any atom is 0.266 e. The highest BCUT2D eigenvalue weighted by molar-refractivity contribution is 7.83. The van der Waals surface area contributed by atoms with Crippen molar-refractivity contribution in [3.05, 3.63) is 29.8 Å². The van der Waals surface area contributed by atoms with E-state index in [1.165, 1.54) is 4.31 Å². The summed E-state index contributed by atoms with van der Waals surface area (Å²) in [4.78, 5) is 12.0. The lowest BCUT2D eigenvalue weighted by molar-refractivity contribution is 0.0895. The van der Waals surface area contributed by atoms with E-state index in [0.29, 0.717) is 10.5 Å². The summed E-state index contributed by atoms with van der Waals surface area (Å²) < 4.78 is 12.7. The predicted molar refractivity (Wildman–Crippen MR) is 44.9 cm³/mol. The fourth-order valence-electron chi connectivity index (χ4n) is 1.19. The lowest BCUT2D eigenvalue weighted by Gasteiger charge is -2.03. The van der Waals surface area contributed by atoms with E-state index >= 15 is 0 Å². The Balaban J connectivity index is 2.67. The van der Waals surface area contributed by atoms with Crippen LogP contribution in [-0.4, -0.2) is 21.5 Å². The van der Waals surface area contributed by atoms with Gasteiger partial charge in [0.15, 0.2) is 11.0 Å². The molecular formula is C8H7NO2S. The second kappa shape index (κ2) is 2.42. The molecule has 0 aromatic heterocycles. The molecule has 1 aliphatic heterocycles. The van der Waals surface area contributed by atoms with Gasteiger partial charge in [0, 0.05) is 7.05 Å². The number of carbonyl (C=O) groups is 1. The Morgan fingerprint density at radius 3 is 2.67 bits per heavy atom. The van der Waals surface area contributed by atoms with Gasteiger partial charge in [-0.2, -0.15) is 0 Å². The van der Waals surface area contributed by atoms with Gasteiger partial charge in [0.1, 0.15) is 0 Å². The van der Waals surface area contributed by atoms with Crippen molar-refractivity contribution in [1.29, 1.82) is 0 Å². The highest BCUT2D eigenvalue weighted by Gasteiger charge is 2.30. The van der Waals surface area contributed by atoms with E-state index in [1.807, 2.05) is 0 Å². The number of fused-ring (bicyclic) bond motifs is 1. The van der Waals surface area contributed by atoms with Crippen LogP contribution in [0.5, 0.6) is 0 Å². The number of carbonyl (C=O) groups excluding carboxylic acids is 1. The normalized spacial score (nSPS) is 21.2. The molecule has 1 heterocycles. The molecule has 0 bridgehead atoms. The molecule has 0 radical (unpaired) electrons. The molecule has 1 amide bonds. The van der Waals surface area contributed by atoms with Gasteiger partial charge in [0.05, 0.1) is 10.5 Å². The summed E-state index contributed by atoms with van der Waals surface area (Å²) in [7, 11) is 0.251. The van der Waals surface area contributed by atoms with Gasteiger partial charge in [-0.05, 0) is 12.1 Å². The van der Waals surface area contributed by atoms with Crippen LogP contribution in [0.1, 0.15) is 10.4 Å². The van der Waals surface area contributed by atoms with Gasteiger partial charge in [-0.25, -0.2) is 4.21 Å². The van der Waals surface area contributed by atoms with Crippen molar-refractivity contribution in [2.75, 3.05) is 7.05 Å². The molecule has 0 aliphatic carbocycles. The van der Waals surface area contributed by atoms with Gasteiger partial charge in [0.25, 0.3) is 5.91 Å². The molecule has 0 spiro atoms. The molecule has 1 atom stereocenters. The minimum Gasteiger partial charge on any atom is -0.268 e. The topological polar surface area (TPSA) is 37.4 Å². The van der Waals surface area contributed by atoms with Crippen LogP contribution < -0.4 is 0 Å². The van der Waals surface area contributed by atoms with Crippen LogP contribution in [0, 0.1) is 0 Å². The number of amides is 1. The van der Waals surface area contributed by atoms with Crippen LogP contribution in [0.25, 0.3) is 0 Å². The summed E-state index contributed by atoms with van der Waals surface area (Å²) in [5.41, 5.74) is 0.554. The number of benzene rings is 1. The SMILES string of the molecule is CN1C(=O)c2ccccc2S1=O. The third-order valence-electron chi connectivity index (χ3n) is 1.84. The average Bonchev–Trinajstić information content (AvgIpc) is 2.33. The Kier molecular flexibility index (Phi) is 1.51. The van der Waals surface area contributed by atoms with Crippen molar-refractivity contribution < 1.29 is 9.00 Å². The second-order valence-corrected chi connectivity index (χ2v) is 4.03. The lowest BCUT2D eigenvalue weighted by Crippen LogP contribution is -2.20. The van der Waals surface area contributed by atoms with Crippen molar-refractivity contribution in [3.8, 4) is 0 Å². The molecule has 0 fully saturated rings. The largest absolute Gasteiger partial charge is 0.268 e. The first-order valence-corrected chi connectivity index (χ1v) is 4.61. The minimum absolute atomic E-state index is 0.163. The third-order valence-corrected chi connectivity index (χ3v) is 3.24. The van der Waals surface area contributed by atoms with Crippen LogP contribution in [-0.2, 0) is 11.0 Å². The smallest absolute Gasteiger partial charge is 0.266 e. The lowest BCUT2D eigenvalue weighted by atomic mass is 10.2. The molecule has 1 aromatic carbocycles. The first-order chi connectivity index (χ1) is 5.72. The molecule has 2 rings (SSSR count). The zero-order valence-corrected chi connectivity index (χ0v) is 7.30. The van der Waals surface area contributed by atoms with Crippen molar-refractivity contribution in [1.82, 2.24) is 4.31 Å². The van der Waals surface area contributed by atoms with E-state index in [9.17, 15) is 9.00 Å². The molecule has 4 heteroatoms. The Labute approximate surface area is 72.6 Å². The van der Waals surface area contributed by atoms with E-state index < -0.39 is 11.0 Å². The zero-order chi connectivity index (χ0) is 8.72. The third kappa shape index (κ3) is 0.814. The van der Waals surface area contributed by atoms with Gasteiger partial charge in [-0.15, -0.1) is 0 Å². The molecule has 1 aliphatic rings. The Morgan fingerprint density at radius 1 is 1.33 bits per heavy atom. The zero-order valence-electron chi connectivity index (χ0n) is 6.48. The molecule has 62 valence electrons. The Bertz CT molecular complexity index is 340. The van der Waals surface area contributed by atoms with E-state index in [-0.39, 0.29) is 5.91 Å². The van der Waals surface area contributed by atoms with Crippen LogP contribution >= 0.6 is 0 Å². The summed E-state index contributed by atoms with van der Waals surface area (Å²) in [6, 6.07) is 6.96. The maximum absolute atomic E-state index is 11.4. The van der Waals surface area contributed by atoms with Gasteiger partial charge < -0.3 is 0 Å². The summed E-state index contributed by atoms with van der Waals surface area (Å²) in [6.07, 6.45) is 0. The highest BCUT2D eigenvalue weighted by atomic mass is 32.2. The van der Waals surface area contributed by atoms with Gasteiger partial charge >= 0.3 is 0 Å². The molecule has 0 saturated carbocycles. The monoisotopic (exact) mass is 181 g/mol. The van der Waals surface area contributed by atoms with Crippen molar-refractivity contribution in [2.45, 2.75) is 4.90 Å². The fraction of sp³-hybridized carbons (Fsp3) is 0.125. The minimum atomic E-state index is -1.29. The van der Waals surface area contributed by atoms with Crippen LogP contribution in [0.3, 0.4) is 0 Å². The van der Waals surface area contributed by atoms with Gasteiger partial charge in [-0.1, -0.05) is 12.1 Å². The number of hydrogen-bond donors (Lipinski definition) is 0. The first kappa shape index (κ1) is 7.49. The summed E-state index contributed by atoms with van der Waals surface area (Å²) in [5.74, 6) is -0.163. The van der Waals surface area contributed by atoms with E-state index in [4.69, 9.17) is 0 Å². The number of nitrogens with zero attached hydrogens (tertiary/aromatic N) is 1. The Hall–Kier alpha value is -1.16. The summed E-state index contributed by atoms with van der Waals surface area (Å²) in [6.45, 7) is 0. The number of hydrogen-bond acceptors (Lipinski definition) is 2. The standard InChI is InChI=1S/C8H7NO2S/c1-9-8(10)6-4-2-3-5-7(6)12(9)11/h2-5H,1H3. The fourth-order valence-corrected chi connectivity index (χ4v) is 2.27. The molecule has 0 N–H and O–H groups in total. The van der Waals surface area contributed by atoms with Gasteiger partial charge in [0.2, 0.25) is 0 Å². The molecule has 1 aromatic rings. The van der Waals surface area contributed by atoms with Gasteiger partial charge in [-0.3, -0.25) is 9.10 Å². The summed E-state index contributed by atoms with van der Waals surface area (Å²) in [5, 5.41) is 0. The molecule has 0 saturated heterocycles. The Morgan fingerprint density at radius 2 is 2.00 bits per heavy atom. The quantitative estimate of drug-likeness (QED) is 0.593. The molecule has 12 heavy (non-hydrogen) atoms. The van der Waals surface area contributed by atoms with E-state index in [1.54, 1.807) is 31.3 Å². The highest BCUT2D eigenvalue weighted by Crippen LogP contribution is 2.24. The molecular weight excluding hydrogens is 174 g/mol. The van der Waals surface area contributed by atoms with Crippen LogP contribution in [0.2, 0.25) is 0 Å². The van der Waals surface area contributed by atoms with Crippen molar-refractivity contribution >= 4 is 16.9 Å². The second-order valence-electron chi connectivity index (χ2n) is 2.55. The maximum atomic E-state index is 11.4. The first-order valence-electron chi connectivity index (χ1n) is 3.51. The van der Waals surface area contributed by atoms with E-state index in [0.717, 1.165) is 0 Å². The van der Waals surface area contributed by atoms with Crippen molar-refractivity contribution in [2.24, 2.45) is 0 Å². The molecule has 1 unspecified atom stereocenters.